The molecule has 2 aliphatic heterocycles. The van der Waals surface area contributed by atoms with Gasteiger partial charge in [0, 0.05) is 38.8 Å². The largest absolute Gasteiger partial charge is 0.471 e. The highest BCUT2D eigenvalue weighted by Gasteiger charge is 2.27. The summed E-state index contributed by atoms with van der Waals surface area (Å²) in [6.45, 7) is 2.92. The minimum absolute atomic E-state index is 0.0636. The number of aromatic nitrogens is 1. The maximum atomic E-state index is 12.8. The summed E-state index contributed by atoms with van der Waals surface area (Å²) in [4.78, 5) is 32.6. The predicted octanol–water partition coefficient (Wildman–Crippen LogP) is 2.09. The van der Waals surface area contributed by atoms with E-state index >= 15 is 0 Å². The zero-order chi connectivity index (χ0) is 19.5. The molecule has 2 aromatic heterocycles. The zero-order valence-corrected chi connectivity index (χ0v) is 15.9. The summed E-state index contributed by atoms with van der Waals surface area (Å²) in [7, 11) is 0. The Morgan fingerprint density at radius 2 is 1.93 bits per heavy atom. The van der Waals surface area contributed by atoms with Crippen molar-refractivity contribution in [2.75, 3.05) is 39.4 Å². The summed E-state index contributed by atoms with van der Waals surface area (Å²) < 4.78 is 16.1. The maximum absolute atomic E-state index is 12.8. The van der Waals surface area contributed by atoms with Gasteiger partial charge in [0.1, 0.15) is 11.1 Å². The molecule has 1 atom stereocenters. The van der Waals surface area contributed by atoms with E-state index < -0.39 is 0 Å². The molecular weight excluding hydrogens is 386 g/mol. The normalized spacial score (nSPS) is 19.7. The van der Waals surface area contributed by atoms with Crippen LogP contribution in [-0.4, -0.2) is 72.1 Å². The number of rotatable bonds is 4. The molecule has 0 saturated carbocycles. The van der Waals surface area contributed by atoms with Crippen LogP contribution < -0.4 is 4.74 Å². The second kappa shape index (κ2) is 8.20. The first-order valence-electron chi connectivity index (χ1n) is 9.14. The van der Waals surface area contributed by atoms with Crippen molar-refractivity contribution in [3.05, 3.63) is 47.0 Å². The fourth-order valence-corrected chi connectivity index (χ4v) is 3.45. The molecule has 2 aliphatic rings. The fourth-order valence-electron chi connectivity index (χ4n) is 3.24. The molecule has 0 radical (unpaired) electrons. The summed E-state index contributed by atoms with van der Waals surface area (Å²) in [5, 5.41) is 0.296. The van der Waals surface area contributed by atoms with Crippen LogP contribution in [0.4, 0.5) is 0 Å². The van der Waals surface area contributed by atoms with Gasteiger partial charge in [0.15, 0.2) is 5.76 Å². The lowest BCUT2D eigenvalue weighted by atomic mass is 10.2. The van der Waals surface area contributed by atoms with E-state index in [1.165, 1.54) is 12.5 Å². The second-order valence-corrected chi connectivity index (χ2v) is 7.08. The number of furan rings is 1. The van der Waals surface area contributed by atoms with Crippen molar-refractivity contribution in [2.24, 2.45) is 0 Å². The minimum atomic E-state index is -0.171. The number of pyridine rings is 1. The molecule has 2 fully saturated rings. The third-order valence-corrected chi connectivity index (χ3v) is 5.08. The Bertz CT molecular complexity index is 843. The van der Waals surface area contributed by atoms with E-state index in [-0.39, 0.29) is 17.9 Å². The van der Waals surface area contributed by atoms with Crippen molar-refractivity contribution in [3.63, 3.8) is 0 Å². The quantitative estimate of drug-likeness (QED) is 0.774. The standard InChI is InChI=1S/C19H20ClN3O5/c20-15-10-13(11-21-17(15)28-14-3-9-26-12-14)18(24)22-4-6-23(7-5-22)19(25)16-2-1-8-27-16/h1-2,8,10-11,14H,3-7,9,12H2. The van der Waals surface area contributed by atoms with Crippen LogP contribution >= 0.6 is 11.6 Å². The average molecular weight is 406 g/mol. The number of piperazine rings is 1. The lowest BCUT2D eigenvalue weighted by molar-refractivity contribution is 0.0518. The van der Waals surface area contributed by atoms with E-state index in [9.17, 15) is 9.59 Å². The minimum Gasteiger partial charge on any atom is -0.471 e. The Morgan fingerprint density at radius 3 is 2.54 bits per heavy atom. The first kappa shape index (κ1) is 18.8. The molecule has 0 aromatic carbocycles. The number of nitrogens with zero attached hydrogens (tertiary/aromatic N) is 3. The number of halogens is 1. The number of carbonyl (C=O) groups excluding carboxylic acids is 2. The highest BCUT2D eigenvalue weighted by Crippen LogP contribution is 2.26. The van der Waals surface area contributed by atoms with Gasteiger partial charge in [-0.1, -0.05) is 11.6 Å². The van der Waals surface area contributed by atoms with Crippen molar-refractivity contribution in [1.29, 1.82) is 0 Å². The van der Waals surface area contributed by atoms with Crippen molar-refractivity contribution in [2.45, 2.75) is 12.5 Å². The molecule has 28 heavy (non-hydrogen) atoms. The molecule has 8 nitrogen and oxygen atoms in total. The Morgan fingerprint density at radius 1 is 1.18 bits per heavy atom. The van der Waals surface area contributed by atoms with Crippen LogP contribution in [0.25, 0.3) is 0 Å². The van der Waals surface area contributed by atoms with Gasteiger partial charge < -0.3 is 23.7 Å². The number of amides is 2. The number of hydrogen-bond acceptors (Lipinski definition) is 6. The van der Waals surface area contributed by atoms with Gasteiger partial charge in [0.05, 0.1) is 25.0 Å². The molecule has 2 amide bonds. The Kier molecular flexibility index (Phi) is 5.50. The number of carbonyl (C=O) groups is 2. The van der Waals surface area contributed by atoms with Crippen molar-refractivity contribution >= 4 is 23.4 Å². The number of ether oxygens (including phenoxy) is 2. The van der Waals surface area contributed by atoms with Crippen LogP contribution in [0, 0.1) is 0 Å². The monoisotopic (exact) mass is 405 g/mol. The van der Waals surface area contributed by atoms with Crippen LogP contribution in [0.1, 0.15) is 27.3 Å². The van der Waals surface area contributed by atoms with Crippen LogP contribution in [-0.2, 0) is 4.74 Å². The average Bonchev–Trinajstić information content (AvgIpc) is 3.43. The third kappa shape index (κ3) is 3.98. The van der Waals surface area contributed by atoms with Crippen LogP contribution in [0.3, 0.4) is 0 Å². The molecule has 0 spiro atoms. The fraction of sp³-hybridized carbons (Fsp3) is 0.421. The molecular formula is C19H20ClN3O5. The van der Waals surface area contributed by atoms with E-state index in [4.69, 9.17) is 25.5 Å². The molecule has 0 bridgehead atoms. The molecule has 148 valence electrons. The van der Waals surface area contributed by atoms with Gasteiger partial charge in [-0.15, -0.1) is 0 Å². The van der Waals surface area contributed by atoms with Crippen LogP contribution in [0.15, 0.2) is 35.1 Å². The SMILES string of the molecule is O=C(c1cnc(OC2CCOC2)c(Cl)c1)N1CCN(C(=O)c2ccco2)CC1. The van der Waals surface area contributed by atoms with Gasteiger partial charge in [-0.25, -0.2) is 4.98 Å². The maximum Gasteiger partial charge on any atom is 0.289 e. The van der Waals surface area contributed by atoms with Gasteiger partial charge in [-0.2, -0.15) is 0 Å². The Balaban J connectivity index is 1.36. The van der Waals surface area contributed by atoms with Crippen LogP contribution in [0.2, 0.25) is 5.02 Å². The van der Waals surface area contributed by atoms with Gasteiger partial charge in [-0.3, -0.25) is 9.59 Å². The molecule has 4 rings (SSSR count). The van der Waals surface area contributed by atoms with Crippen molar-refractivity contribution in [3.8, 4) is 5.88 Å². The van der Waals surface area contributed by atoms with E-state index in [0.29, 0.717) is 61.6 Å². The van der Waals surface area contributed by atoms with E-state index in [0.717, 1.165) is 6.42 Å². The van der Waals surface area contributed by atoms with Crippen molar-refractivity contribution < 1.29 is 23.5 Å². The molecule has 2 aromatic rings. The summed E-state index contributed by atoms with van der Waals surface area (Å²) in [6.07, 6.45) is 3.67. The molecule has 4 heterocycles. The zero-order valence-electron chi connectivity index (χ0n) is 15.2. The molecule has 0 aliphatic carbocycles. The summed E-state index contributed by atoms with van der Waals surface area (Å²) >= 11 is 6.25. The third-order valence-electron chi connectivity index (χ3n) is 4.81. The Hall–Kier alpha value is -2.58. The molecule has 0 N–H and O–H groups in total. The molecule has 2 saturated heterocycles. The molecule has 1 unspecified atom stereocenters. The van der Waals surface area contributed by atoms with Gasteiger partial charge in [0.25, 0.3) is 11.8 Å². The highest BCUT2D eigenvalue weighted by atomic mass is 35.5. The first-order chi connectivity index (χ1) is 13.6. The first-order valence-corrected chi connectivity index (χ1v) is 9.51. The van der Waals surface area contributed by atoms with Gasteiger partial charge >= 0.3 is 0 Å². The lowest BCUT2D eigenvalue weighted by Crippen LogP contribution is -2.50. The van der Waals surface area contributed by atoms with E-state index in [2.05, 4.69) is 4.98 Å². The summed E-state index contributed by atoms with van der Waals surface area (Å²) in [5.41, 5.74) is 0.394. The second-order valence-electron chi connectivity index (χ2n) is 6.68. The predicted molar refractivity (Wildman–Crippen MR) is 99.6 cm³/mol. The lowest BCUT2D eigenvalue weighted by Gasteiger charge is -2.34. The number of hydrogen-bond donors (Lipinski definition) is 0. The van der Waals surface area contributed by atoms with Gasteiger partial charge in [0.2, 0.25) is 5.88 Å². The summed E-state index contributed by atoms with van der Waals surface area (Å²) in [5.74, 6) is 0.274. The van der Waals surface area contributed by atoms with E-state index in [1.54, 1.807) is 28.0 Å². The highest BCUT2D eigenvalue weighted by molar-refractivity contribution is 6.32. The topological polar surface area (TPSA) is 85.1 Å². The smallest absolute Gasteiger partial charge is 0.289 e. The van der Waals surface area contributed by atoms with Crippen LogP contribution in [0.5, 0.6) is 5.88 Å². The molecule has 9 heteroatoms. The van der Waals surface area contributed by atoms with Gasteiger partial charge in [-0.05, 0) is 18.2 Å². The Labute approximate surface area is 167 Å². The van der Waals surface area contributed by atoms with E-state index in [1.807, 2.05) is 0 Å². The summed E-state index contributed by atoms with van der Waals surface area (Å²) in [6, 6.07) is 4.88. The van der Waals surface area contributed by atoms with Crippen molar-refractivity contribution in [1.82, 2.24) is 14.8 Å².